The number of ether oxygens (including phenoxy) is 4. The van der Waals surface area contributed by atoms with Crippen molar-refractivity contribution in [2.24, 2.45) is 0 Å². The summed E-state index contributed by atoms with van der Waals surface area (Å²) in [6.45, 7) is 3.47. The Balaban J connectivity index is 0.00000304. The first-order chi connectivity index (χ1) is 16.9. The topological polar surface area (TPSA) is 62.2 Å². The molecule has 2 aliphatic heterocycles. The highest BCUT2D eigenvalue weighted by Gasteiger charge is 2.44. The molecule has 1 amide bonds. The van der Waals surface area contributed by atoms with E-state index in [1.54, 1.807) is 32.4 Å². The number of halogens is 1. The summed E-state index contributed by atoms with van der Waals surface area (Å²) in [5.74, 6) is 1.84. The number of methoxy groups -OCH3 is 2. The second-order valence-corrected chi connectivity index (χ2v) is 9.42. The summed E-state index contributed by atoms with van der Waals surface area (Å²) in [5.41, 5.74) is 2.15. The van der Waals surface area contributed by atoms with Gasteiger partial charge < -0.3 is 28.4 Å². The van der Waals surface area contributed by atoms with Crippen LogP contribution in [0.3, 0.4) is 0 Å². The maximum absolute atomic E-state index is 13.3. The van der Waals surface area contributed by atoms with Crippen LogP contribution in [0.15, 0.2) is 54.7 Å². The number of hydrogen-bond donors (Lipinski definition) is 0. The molecule has 1 fully saturated rings. The van der Waals surface area contributed by atoms with E-state index in [0.29, 0.717) is 54.6 Å². The van der Waals surface area contributed by atoms with Gasteiger partial charge in [0.25, 0.3) is 5.91 Å². The van der Waals surface area contributed by atoms with Crippen LogP contribution < -0.4 is 14.2 Å². The zero-order valence-electron chi connectivity index (χ0n) is 20.1. The molecule has 2 aliphatic rings. The Kier molecular flexibility index (Phi) is 6.38. The lowest BCUT2D eigenvalue weighted by molar-refractivity contribution is -0.00931. The van der Waals surface area contributed by atoms with E-state index in [1.807, 2.05) is 42.3 Å². The summed E-state index contributed by atoms with van der Waals surface area (Å²) < 4.78 is 25.3. The average molecular weight is 499 g/mol. The second-order valence-electron chi connectivity index (χ2n) is 8.99. The van der Waals surface area contributed by atoms with Crippen LogP contribution in [0.25, 0.3) is 5.69 Å². The number of piperidine rings is 1. The number of benzene rings is 2. The molecule has 0 aliphatic carbocycles. The summed E-state index contributed by atoms with van der Waals surface area (Å²) in [4.78, 5) is 15.2. The zero-order valence-corrected chi connectivity index (χ0v) is 20.9. The summed E-state index contributed by atoms with van der Waals surface area (Å²) in [6.07, 6.45) is 3.37. The maximum Gasteiger partial charge on any atom is 0.253 e. The number of hydrogen-bond acceptors (Lipinski definition) is 5. The summed E-state index contributed by atoms with van der Waals surface area (Å²) in [7, 11) is 3.21. The van der Waals surface area contributed by atoms with E-state index in [0.717, 1.165) is 17.1 Å². The van der Waals surface area contributed by atoms with Gasteiger partial charge >= 0.3 is 0 Å². The van der Waals surface area contributed by atoms with Gasteiger partial charge in [-0.1, -0.05) is 11.6 Å². The fourth-order valence-corrected chi connectivity index (χ4v) is 4.96. The average Bonchev–Trinajstić information content (AvgIpc) is 3.38. The summed E-state index contributed by atoms with van der Waals surface area (Å²) in [5, 5.41) is 0.639. The molecule has 0 saturated carbocycles. The Morgan fingerprint density at radius 1 is 1.14 bits per heavy atom. The molecule has 3 aromatic rings. The van der Waals surface area contributed by atoms with Gasteiger partial charge in [0, 0.05) is 57.3 Å². The van der Waals surface area contributed by atoms with E-state index in [4.69, 9.17) is 30.5 Å². The quantitative estimate of drug-likeness (QED) is 0.460. The third-order valence-electron chi connectivity index (χ3n) is 6.85. The summed E-state index contributed by atoms with van der Waals surface area (Å²) in [6, 6.07) is 15.1. The first kappa shape index (κ1) is 23.6. The van der Waals surface area contributed by atoms with Gasteiger partial charge in [0.2, 0.25) is 0 Å². The Hall–Kier alpha value is -3.16. The van der Waals surface area contributed by atoms with Gasteiger partial charge in [-0.05, 0) is 49.4 Å². The number of carbonyl (C=O) groups is 1. The van der Waals surface area contributed by atoms with Crippen LogP contribution in [0, 0.1) is 0 Å². The normalized spacial score (nSPS) is 16.7. The number of likely N-dealkylation sites (tertiary alicyclic amines) is 1. The molecule has 5 rings (SSSR count). The van der Waals surface area contributed by atoms with Crippen molar-refractivity contribution in [1.82, 2.24) is 9.47 Å². The standard InChI is InChI=1S/C27H29ClN2O5.H2/c1-18(32-2)17-34-22-9-6-19(15-24(22)33-3)26(31)29-13-10-27(11-14-29)25-5-4-12-30(25)21-8-7-20(28)16-23(21)35-27;/h4-9,12,15-16,18H,10-11,13-14,17H2,1-3H3;1H/t18-;/m0./s1. The van der Waals surface area contributed by atoms with Crippen molar-refractivity contribution in [3.05, 3.63) is 71.0 Å². The zero-order chi connectivity index (χ0) is 24.6. The fourth-order valence-electron chi connectivity index (χ4n) is 4.80. The molecule has 0 unspecified atom stereocenters. The lowest BCUT2D eigenvalue weighted by Gasteiger charge is -2.45. The van der Waals surface area contributed by atoms with E-state index in [-0.39, 0.29) is 13.4 Å². The van der Waals surface area contributed by atoms with Crippen LogP contribution in [0.4, 0.5) is 0 Å². The number of fused-ring (bicyclic) bond motifs is 4. The Labute approximate surface area is 211 Å². The van der Waals surface area contributed by atoms with Crippen LogP contribution in [0.2, 0.25) is 5.02 Å². The molecular weight excluding hydrogens is 468 g/mol. The van der Waals surface area contributed by atoms with Crippen LogP contribution in [0.5, 0.6) is 17.2 Å². The molecule has 1 aromatic heterocycles. The monoisotopic (exact) mass is 498 g/mol. The summed E-state index contributed by atoms with van der Waals surface area (Å²) >= 11 is 6.25. The van der Waals surface area contributed by atoms with Gasteiger partial charge in [-0.3, -0.25) is 4.79 Å². The first-order valence-electron chi connectivity index (χ1n) is 11.7. The van der Waals surface area contributed by atoms with E-state index in [1.165, 1.54) is 0 Å². The van der Waals surface area contributed by atoms with Crippen LogP contribution in [-0.2, 0) is 10.3 Å². The third-order valence-corrected chi connectivity index (χ3v) is 7.08. The molecule has 3 heterocycles. The van der Waals surface area contributed by atoms with Gasteiger partial charge in [-0.2, -0.15) is 0 Å². The molecule has 0 bridgehead atoms. The van der Waals surface area contributed by atoms with E-state index < -0.39 is 5.60 Å². The molecule has 186 valence electrons. The minimum Gasteiger partial charge on any atom is -0.493 e. The minimum atomic E-state index is -0.495. The molecule has 0 radical (unpaired) electrons. The van der Waals surface area contributed by atoms with Crippen molar-refractivity contribution in [3.8, 4) is 22.9 Å². The predicted octanol–water partition coefficient (Wildman–Crippen LogP) is 5.32. The van der Waals surface area contributed by atoms with Crippen molar-refractivity contribution in [3.63, 3.8) is 0 Å². The molecule has 35 heavy (non-hydrogen) atoms. The third kappa shape index (κ3) is 4.34. The van der Waals surface area contributed by atoms with E-state index in [2.05, 4.69) is 10.6 Å². The number of aromatic nitrogens is 1. The highest BCUT2D eigenvalue weighted by atomic mass is 35.5. The molecule has 8 heteroatoms. The smallest absolute Gasteiger partial charge is 0.253 e. The largest absolute Gasteiger partial charge is 0.493 e. The highest BCUT2D eigenvalue weighted by Crippen LogP contribution is 2.46. The molecule has 7 nitrogen and oxygen atoms in total. The molecule has 0 N–H and O–H groups in total. The highest BCUT2D eigenvalue weighted by molar-refractivity contribution is 6.30. The van der Waals surface area contributed by atoms with Gasteiger partial charge in [-0.25, -0.2) is 0 Å². The maximum atomic E-state index is 13.3. The molecule has 2 aromatic carbocycles. The van der Waals surface area contributed by atoms with Crippen molar-refractivity contribution in [1.29, 1.82) is 0 Å². The number of nitrogens with zero attached hydrogens (tertiary/aromatic N) is 2. The van der Waals surface area contributed by atoms with Crippen molar-refractivity contribution < 1.29 is 25.2 Å². The fraction of sp³-hybridized carbons (Fsp3) is 0.370. The SMILES string of the molecule is COc1cc(C(=O)N2CCC3(CC2)Oc2cc(Cl)ccc2-n2cccc23)ccc1OC[C@H](C)OC.[HH]. The van der Waals surface area contributed by atoms with Crippen molar-refractivity contribution in [2.75, 3.05) is 33.9 Å². The van der Waals surface area contributed by atoms with Gasteiger partial charge in [0.05, 0.1) is 24.6 Å². The minimum absolute atomic E-state index is 0. The van der Waals surface area contributed by atoms with E-state index >= 15 is 0 Å². The van der Waals surface area contributed by atoms with Crippen LogP contribution in [0.1, 0.15) is 37.2 Å². The number of rotatable bonds is 6. The molecule has 1 saturated heterocycles. The predicted molar refractivity (Wildman–Crippen MR) is 135 cm³/mol. The van der Waals surface area contributed by atoms with E-state index in [9.17, 15) is 4.79 Å². The Morgan fingerprint density at radius 3 is 2.69 bits per heavy atom. The lowest BCUT2D eigenvalue weighted by atomic mass is 9.86. The van der Waals surface area contributed by atoms with Crippen LogP contribution in [-0.4, -0.2) is 55.4 Å². The number of carbonyl (C=O) groups excluding carboxylic acids is 1. The van der Waals surface area contributed by atoms with Crippen molar-refractivity contribution in [2.45, 2.75) is 31.5 Å². The lowest BCUT2D eigenvalue weighted by Crippen LogP contribution is -2.50. The van der Waals surface area contributed by atoms with Crippen LogP contribution >= 0.6 is 11.6 Å². The van der Waals surface area contributed by atoms with Gasteiger partial charge in [0.1, 0.15) is 12.4 Å². The molecule has 1 atom stereocenters. The number of amides is 1. The Bertz CT molecular complexity index is 1240. The molecule has 1 spiro atoms. The second kappa shape index (κ2) is 9.47. The van der Waals surface area contributed by atoms with Crippen molar-refractivity contribution >= 4 is 17.5 Å². The molecular formula is C27H31ClN2O5. The van der Waals surface area contributed by atoms with Gasteiger partial charge in [0.15, 0.2) is 17.1 Å². The van der Waals surface area contributed by atoms with Gasteiger partial charge in [-0.15, -0.1) is 0 Å². The first-order valence-corrected chi connectivity index (χ1v) is 12.1. The Morgan fingerprint density at radius 2 is 1.94 bits per heavy atom.